The van der Waals surface area contributed by atoms with Crippen molar-refractivity contribution < 1.29 is 19.1 Å². The molecule has 0 bridgehead atoms. The molecule has 1 unspecified atom stereocenters. The summed E-state index contributed by atoms with van der Waals surface area (Å²) in [5.74, 6) is -2.22. The predicted octanol–water partition coefficient (Wildman–Crippen LogP) is 0.540. The van der Waals surface area contributed by atoms with Crippen LogP contribution in [0.5, 0.6) is 0 Å². The van der Waals surface area contributed by atoms with Gasteiger partial charge in [-0.15, -0.1) is 0 Å². The number of benzene rings is 1. The molecule has 0 fully saturated rings. The molecule has 1 amide bonds. The van der Waals surface area contributed by atoms with Crippen molar-refractivity contribution in [1.82, 2.24) is 5.32 Å². The zero-order chi connectivity index (χ0) is 13.0. The summed E-state index contributed by atoms with van der Waals surface area (Å²) in [7, 11) is 0. The van der Waals surface area contributed by atoms with E-state index in [2.05, 4.69) is 5.32 Å². The molecule has 0 aliphatic rings. The summed E-state index contributed by atoms with van der Waals surface area (Å²) in [6.45, 7) is 1.22. The summed E-state index contributed by atoms with van der Waals surface area (Å²) in [5, 5.41) is 11.1. The highest BCUT2D eigenvalue weighted by atomic mass is 19.1. The maximum absolute atomic E-state index is 13.1. The van der Waals surface area contributed by atoms with E-state index in [1.807, 2.05) is 0 Å². The van der Waals surface area contributed by atoms with Crippen LogP contribution in [0.4, 0.5) is 10.1 Å². The standard InChI is InChI=1S/C11H13FN2O3/c1-6(15)14-10(11(16)17)5-7-2-3-9(13)8(12)4-7/h2-4,10H,5,13H2,1H3,(H,14,15)(H,16,17). The predicted molar refractivity (Wildman–Crippen MR) is 59.8 cm³/mol. The third kappa shape index (κ3) is 3.75. The zero-order valence-electron chi connectivity index (χ0n) is 9.24. The number of aliphatic carboxylic acids is 1. The number of carbonyl (C=O) groups is 2. The number of carboxylic acids is 1. The fourth-order valence-electron chi connectivity index (χ4n) is 1.38. The molecule has 5 nitrogen and oxygen atoms in total. The van der Waals surface area contributed by atoms with Crippen LogP contribution in [-0.4, -0.2) is 23.0 Å². The topological polar surface area (TPSA) is 92.4 Å². The molecular formula is C11H13FN2O3. The van der Waals surface area contributed by atoms with Gasteiger partial charge in [0.2, 0.25) is 5.91 Å². The monoisotopic (exact) mass is 240 g/mol. The van der Waals surface area contributed by atoms with Gasteiger partial charge in [0.05, 0.1) is 5.69 Å². The average molecular weight is 240 g/mol. The minimum Gasteiger partial charge on any atom is -0.480 e. The Labute approximate surface area is 97.4 Å². The number of nitrogens with one attached hydrogen (secondary N) is 1. The van der Waals surface area contributed by atoms with E-state index in [4.69, 9.17) is 10.8 Å². The van der Waals surface area contributed by atoms with Crippen LogP contribution in [0.3, 0.4) is 0 Å². The molecule has 4 N–H and O–H groups in total. The van der Waals surface area contributed by atoms with E-state index in [0.29, 0.717) is 5.56 Å². The molecule has 0 saturated heterocycles. The van der Waals surface area contributed by atoms with Gasteiger partial charge in [-0.1, -0.05) is 6.07 Å². The number of nitrogens with two attached hydrogens (primary N) is 1. The summed E-state index contributed by atoms with van der Waals surface area (Å²) in [5.41, 5.74) is 5.76. The highest BCUT2D eigenvalue weighted by molar-refractivity contribution is 5.82. The Morgan fingerprint density at radius 1 is 1.53 bits per heavy atom. The molecule has 92 valence electrons. The SMILES string of the molecule is CC(=O)NC(Cc1ccc(N)c(F)c1)C(=O)O. The molecule has 1 aromatic carbocycles. The summed E-state index contributed by atoms with van der Waals surface area (Å²) in [6, 6.07) is 2.97. The van der Waals surface area contributed by atoms with Gasteiger partial charge in [0.25, 0.3) is 0 Å². The maximum atomic E-state index is 13.1. The molecule has 1 aromatic rings. The van der Waals surface area contributed by atoms with Crippen molar-refractivity contribution in [2.75, 3.05) is 5.73 Å². The Morgan fingerprint density at radius 2 is 2.18 bits per heavy atom. The fraction of sp³-hybridized carbons (Fsp3) is 0.273. The van der Waals surface area contributed by atoms with Gasteiger partial charge in [0, 0.05) is 13.3 Å². The lowest BCUT2D eigenvalue weighted by Crippen LogP contribution is -2.41. The lowest BCUT2D eigenvalue weighted by Gasteiger charge is -2.13. The number of halogens is 1. The van der Waals surface area contributed by atoms with Gasteiger partial charge in [0.15, 0.2) is 0 Å². The maximum Gasteiger partial charge on any atom is 0.326 e. The number of hydrogen-bond donors (Lipinski definition) is 3. The number of anilines is 1. The molecule has 17 heavy (non-hydrogen) atoms. The summed E-state index contributed by atoms with van der Waals surface area (Å²) >= 11 is 0. The zero-order valence-corrected chi connectivity index (χ0v) is 9.24. The third-order valence-corrected chi connectivity index (χ3v) is 2.18. The second-order valence-electron chi connectivity index (χ2n) is 3.65. The minimum absolute atomic E-state index is 0.000141. The largest absolute Gasteiger partial charge is 0.480 e. The first-order valence-electron chi connectivity index (χ1n) is 4.94. The van der Waals surface area contributed by atoms with E-state index in [0.717, 1.165) is 6.07 Å². The van der Waals surface area contributed by atoms with E-state index in [-0.39, 0.29) is 12.1 Å². The van der Waals surface area contributed by atoms with Gasteiger partial charge in [-0.2, -0.15) is 0 Å². The Kier molecular flexibility index (Phi) is 4.03. The van der Waals surface area contributed by atoms with E-state index >= 15 is 0 Å². The van der Waals surface area contributed by atoms with Crippen molar-refractivity contribution in [3.63, 3.8) is 0 Å². The van der Waals surface area contributed by atoms with Crippen molar-refractivity contribution >= 4 is 17.6 Å². The van der Waals surface area contributed by atoms with Crippen molar-refractivity contribution in [2.24, 2.45) is 0 Å². The van der Waals surface area contributed by atoms with Gasteiger partial charge >= 0.3 is 5.97 Å². The third-order valence-electron chi connectivity index (χ3n) is 2.18. The molecule has 0 radical (unpaired) electrons. The van der Waals surface area contributed by atoms with Crippen LogP contribution in [0.25, 0.3) is 0 Å². The van der Waals surface area contributed by atoms with Crippen molar-refractivity contribution in [1.29, 1.82) is 0 Å². The van der Waals surface area contributed by atoms with Crippen molar-refractivity contribution in [3.8, 4) is 0 Å². The van der Waals surface area contributed by atoms with Crippen LogP contribution < -0.4 is 11.1 Å². The average Bonchev–Trinajstić information content (AvgIpc) is 2.21. The molecule has 0 spiro atoms. The summed E-state index contributed by atoms with van der Waals surface area (Å²) in [4.78, 5) is 21.7. The molecule has 0 aliphatic carbocycles. The quantitative estimate of drug-likeness (QED) is 0.670. The van der Waals surface area contributed by atoms with Crippen LogP contribution in [-0.2, 0) is 16.0 Å². The Balaban J connectivity index is 2.82. The van der Waals surface area contributed by atoms with Gasteiger partial charge in [-0.25, -0.2) is 9.18 Å². The normalized spacial score (nSPS) is 11.9. The second kappa shape index (κ2) is 5.29. The summed E-state index contributed by atoms with van der Waals surface area (Å²) < 4.78 is 13.1. The number of carboxylic acid groups (broad SMARTS) is 1. The minimum atomic E-state index is -1.17. The van der Waals surface area contributed by atoms with Gasteiger partial charge in [0.1, 0.15) is 11.9 Å². The molecule has 1 rings (SSSR count). The van der Waals surface area contributed by atoms with E-state index in [1.54, 1.807) is 0 Å². The van der Waals surface area contributed by atoms with E-state index < -0.39 is 23.7 Å². The molecule has 0 heterocycles. The van der Waals surface area contributed by atoms with Gasteiger partial charge < -0.3 is 16.2 Å². The van der Waals surface area contributed by atoms with Crippen LogP contribution >= 0.6 is 0 Å². The molecule has 1 atom stereocenters. The number of amides is 1. The molecule has 0 aromatic heterocycles. The van der Waals surface area contributed by atoms with Crippen molar-refractivity contribution in [3.05, 3.63) is 29.6 Å². The number of carbonyl (C=O) groups excluding carboxylic acids is 1. The van der Waals surface area contributed by atoms with E-state index in [9.17, 15) is 14.0 Å². The highest BCUT2D eigenvalue weighted by Gasteiger charge is 2.19. The first-order valence-corrected chi connectivity index (χ1v) is 4.94. The molecule has 0 aliphatic heterocycles. The Morgan fingerprint density at radius 3 is 2.65 bits per heavy atom. The highest BCUT2D eigenvalue weighted by Crippen LogP contribution is 2.13. The fourth-order valence-corrected chi connectivity index (χ4v) is 1.38. The van der Waals surface area contributed by atoms with Crippen molar-refractivity contribution in [2.45, 2.75) is 19.4 Å². The second-order valence-corrected chi connectivity index (χ2v) is 3.65. The lowest BCUT2D eigenvalue weighted by molar-refractivity contribution is -0.141. The first-order chi connectivity index (χ1) is 7.90. The smallest absolute Gasteiger partial charge is 0.326 e. The van der Waals surface area contributed by atoms with Crippen LogP contribution in [0.1, 0.15) is 12.5 Å². The Bertz CT molecular complexity index is 448. The summed E-state index contributed by atoms with van der Waals surface area (Å²) in [6.07, 6.45) is 0.00606. The number of nitrogen functional groups attached to an aromatic ring is 1. The Hall–Kier alpha value is -2.11. The number of hydrogen-bond acceptors (Lipinski definition) is 3. The molecule has 0 saturated carbocycles. The van der Waals surface area contributed by atoms with Gasteiger partial charge in [-0.3, -0.25) is 4.79 Å². The van der Waals surface area contributed by atoms with Crippen LogP contribution in [0.15, 0.2) is 18.2 Å². The molecule has 6 heteroatoms. The molecular weight excluding hydrogens is 227 g/mol. The first kappa shape index (κ1) is 13.0. The lowest BCUT2D eigenvalue weighted by atomic mass is 10.1. The van der Waals surface area contributed by atoms with Gasteiger partial charge in [-0.05, 0) is 17.7 Å². The van der Waals surface area contributed by atoms with Crippen LogP contribution in [0, 0.1) is 5.82 Å². The number of rotatable bonds is 4. The van der Waals surface area contributed by atoms with Crippen LogP contribution in [0.2, 0.25) is 0 Å². The van der Waals surface area contributed by atoms with E-state index in [1.165, 1.54) is 19.1 Å².